The zero-order valence-electron chi connectivity index (χ0n) is 14.9. The first-order valence-corrected chi connectivity index (χ1v) is 10.2. The van der Waals surface area contributed by atoms with Gasteiger partial charge in [-0.1, -0.05) is 0 Å². The summed E-state index contributed by atoms with van der Waals surface area (Å²) >= 11 is 0. The monoisotopic (exact) mass is 379 g/mol. The highest BCUT2D eigenvalue weighted by Crippen LogP contribution is 2.24. The fraction of sp³-hybridized carbons (Fsp3) is 0.444. The molecule has 26 heavy (non-hydrogen) atoms. The molecule has 140 valence electrons. The van der Waals surface area contributed by atoms with Gasteiger partial charge in [-0.15, -0.1) is 0 Å². The first-order valence-electron chi connectivity index (χ1n) is 8.34. The average molecular weight is 379 g/mol. The molecule has 0 spiro atoms. The molecule has 0 aliphatic carbocycles. The molecule has 1 unspecified atom stereocenters. The van der Waals surface area contributed by atoms with E-state index >= 15 is 0 Å². The van der Waals surface area contributed by atoms with Crippen LogP contribution < -0.4 is 5.63 Å². The van der Waals surface area contributed by atoms with Crippen molar-refractivity contribution in [1.29, 1.82) is 0 Å². The lowest BCUT2D eigenvalue weighted by Gasteiger charge is -2.20. The predicted octanol–water partition coefficient (Wildman–Crippen LogP) is 1.88. The van der Waals surface area contributed by atoms with Crippen LogP contribution in [0.25, 0.3) is 11.0 Å². The van der Waals surface area contributed by atoms with Crippen LogP contribution in [-0.4, -0.2) is 37.5 Å². The Kier molecular flexibility index (Phi) is 4.90. The normalized spacial score (nSPS) is 18.3. The van der Waals surface area contributed by atoms with Gasteiger partial charge in [0.05, 0.1) is 6.26 Å². The molecular formula is C18H21NO6S. The third-order valence-corrected chi connectivity index (χ3v) is 6.01. The lowest BCUT2D eigenvalue weighted by atomic mass is 10.0. The van der Waals surface area contributed by atoms with E-state index < -0.39 is 27.7 Å². The Hall–Kier alpha value is -2.19. The summed E-state index contributed by atoms with van der Waals surface area (Å²) in [5.74, 6) is -0.599. The van der Waals surface area contributed by atoms with E-state index in [0.29, 0.717) is 35.9 Å². The van der Waals surface area contributed by atoms with Crippen LogP contribution >= 0.6 is 0 Å². The van der Waals surface area contributed by atoms with Crippen LogP contribution in [-0.2, 0) is 26.2 Å². The van der Waals surface area contributed by atoms with Crippen molar-refractivity contribution in [2.75, 3.05) is 12.8 Å². The van der Waals surface area contributed by atoms with Crippen LogP contribution in [0.5, 0.6) is 0 Å². The SMILES string of the molecule is Cc1cc2oc(=O)cc(COC(=O)C3CCCN3S(C)(=O)=O)c2cc1C. The minimum atomic E-state index is -3.46. The second-order valence-electron chi connectivity index (χ2n) is 6.66. The third-order valence-electron chi connectivity index (χ3n) is 4.72. The van der Waals surface area contributed by atoms with Gasteiger partial charge in [-0.05, 0) is 49.9 Å². The number of rotatable bonds is 4. The number of aryl methyl sites for hydroxylation is 2. The molecule has 0 saturated carbocycles. The summed E-state index contributed by atoms with van der Waals surface area (Å²) in [6.07, 6.45) is 2.13. The zero-order chi connectivity index (χ0) is 19.1. The van der Waals surface area contributed by atoms with Gasteiger partial charge in [0.2, 0.25) is 10.0 Å². The second kappa shape index (κ2) is 6.85. The van der Waals surface area contributed by atoms with Crippen molar-refractivity contribution in [2.24, 2.45) is 0 Å². The van der Waals surface area contributed by atoms with Gasteiger partial charge in [-0.25, -0.2) is 13.2 Å². The molecule has 7 nitrogen and oxygen atoms in total. The first kappa shape index (κ1) is 18.6. The molecule has 0 N–H and O–H groups in total. The molecule has 8 heteroatoms. The second-order valence-corrected chi connectivity index (χ2v) is 8.60. The number of benzene rings is 1. The van der Waals surface area contributed by atoms with Gasteiger partial charge in [0, 0.05) is 23.6 Å². The summed E-state index contributed by atoms with van der Waals surface area (Å²) < 4.78 is 35.3. The van der Waals surface area contributed by atoms with E-state index in [4.69, 9.17) is 9.15 Å². The molecule has 0 bridgehead atoms. The van der Waals surface area contributed by atoms with Crippen LogP contribution in [0.15, 0.2) is 27.4 Å². The number of nitrogens with zero attached hydrogens (tertiary/aromatic N) is 1. The van der Waals surface area contributed by atoms with E-state index in [1.807, 2.05) is 19.9 Å². The van der Waals surface area contributed by atoms with Crippen molar-refractivity contribution in [3.05, 3.63) is 45.3 Å². The molecule has 1 aliphatic rings. The van der Waals surface area contributed by atoms with Crippen molar-refractivity contribution in [1.82, 2.24) is 4.31 Å². The number of sulfonamides is 1. The summed E-state index contributed by atoms with van der Waals surface area (Å²) in [7, 11) is -3.46. The van der Waals surface area contributed by atoms with Crippen molar-refractivity contribution in [2.45, 2.75) is 39.3 Å². The van der Waals surface area contributed by atoms with Gasteiger partial charge in [0.15, 0.2) is 0 Å². The molecule has 0 radical (unpaired) electrons. The van der Waals surface area contributed by atoms with Crippen molar-refractivity contribution >= 4 is 27.0 Å². The molecule has 3 rings (SSSR count). The summed E-state index contributed by atoms with van der Waals surface area (Å²) in [5.41, 5.74) is 2.47. The van der Waals surface area contributed by atoms with E-state index in [1.54, 1.807) is 6.07 Å². The largest absolute Gasteiger partial charge is 0.460 e. The van der Waals surface area contributed by atoms with Gasteiger partial charge in [-0.3, -0.25) is 4.79 Å². The fourth-order valence-corrected chi connectivity index (χ4v) is 4.33. The Morgan fingerprint density at radius 3 is 2.65 bits per heavy atom. The topological polar surface area (TPSA) is 93.9 Å². The highest BCUT2D eigenvalue weighted by molar-refractivity contribution is 7.88. The van der Waals surface area contributed by atoms with Crippen LogP contribution in [0.1, 0.15) is 29.5 Å². The molecule has 2 heterocycles. The molecule has 0 amide bonds. The Labute approximate surface area is 151 Å². The molecule has 2 aromatic rings. The Morgan fingerprint density at radius 2 is 1.96 bits per heavy atom. The number of ether oxygens (including phenoxy) is 1. The van der Waals surface area contributed by atoms with Gasteiger partial charge in [-0.2, -0.15) is 4.31 Å². The summed E-state index contributed by atoms with van der Waals surface area (Å²) in [6.45, 7) is 4.06. The maximum Gasteiger partial charge on any atom is 0.336 e. The quantitative estimate of drug-likeness (QED) is 0.595. The summed E-state index contributed by atoms with van der Waals surface area (Å²) in [6, 6.07) is 4.16. The zero-order valence-corrected chi connectivity index (χ0v) is 15.8. The van der Waals surface area contributed by atoms with E-state index in [-0.39, 0.29) is 6.61 Å². The van der Waals surface area contributed by atoms with E-state index in [2.05, 4.69) is 0 Å². The predicted molar refractivity (Wildman–Crippen MR) is 96.3 cm³/mol. The number of fused-ring (bicyclic) bond motifs is 1. The third kappa shape index (κ3) is 3.66. The smallest absolute Gasteiger partial charge is 0.336 e. The Balaban J connectivity index is 1.85. The van der Waals surface area contributed by atoms with Crippen LogP contribution in [0, 0.1) is 13.8 Å². The molecule has 1 fully saturated rings. The van der Waals surface area contributed by atoms with Crippen molar-refractivity contribution in [3.63, 3.8) is 0 Å². The van der Waals surface area contributed by atoms with Crippen molar-refractivity contribution < 1.29 is 22.4 Å². The maximum absolute atomic E-state index is 12.4. The van der Waals surface area contributed by atoms with E-state index in [1.165, 1.54) is 10.4 Å². The summed E-state index contributed by atoms with van der Waals surface area (Å²) in [4.78, 5) is 24.2. The molecule has 1 aromatic heterocycles. The van der Waals surface area contributed by atoms with Crippen LogP contribution in [0.3, 0.4) is 0 Å². The Bertz CT molecular complexity index is 1020. The fourth-order valence-electron chi connectivity index (χ4n) is 3.22. The van der Waals surface area contributed by atoms with Crippen LogP contribution in [0.2, 0.25) is 0 Å². The lowest BCUT2D eigenvalue weighted by molar-refractivity contribution is -0.148. The van der Waals surface area contributed by atoms with Gasteiger partial charge < -0.3 is 9.15 Å². The molecule has 1 atom stereocenters. The van der Waals surface area contributed by atoms with Gasteiger partial charge >= 0.3 is 11.6 Å². The number of carbonyl (C=O) groups is 1. The van der Waals surface area contributed by atoms with E-state index in [9.17, 15) is 18.0 Å². The maximum atomic E-state index is 12.4. The average Bonchev–Trinajstić information content (AvgIpc) is 3.04. The number of carbonyl (C=O) groups excluding carboxylic acids is 1. The standard InChI is InChI=1S/C18H21NO6S/c1-11-7-14-13(9-17(20)25-16(14)8-12(11)2)10-24-18(21)15-5-4-6-19(15)26(3,22)23/h7-9,15H,4-6,10H2,1-3H3. The minimum absolute atomic E-state index is 0.114. The number of esters is 1. The lowest BCUT2D eigenvalue weighted by Crippen LogP contribution is -2.40. The number of hydrogen-bond donors (Lipinski definition) is 0. The molecule has 1 aromatic carbocycles. The molecule has 1 saturated heterocycles. The number of hydrogen-bond acceptors (Lipinski definition) is 6. The highest BCUT2D eigenvalue weighted by atomic mass is 32.2. The van der Waals surface area contributed by atoms with Crippen molar-refractivity contribution in [3.8, 4) is 0 Å². The summed E-state index contributed by atoms with van der Waals surface area (Å²) in [5, 5.41) is 0.701. The Morgan fingerprint density at radius 1 is 1.27 bits per heavy atom. The van der Waals surface area contributed by atoms with Crippen LogP contribution in [0.4, 0.5) is 0 Å². The highest BCUT2D eigenvalue weighted by Gasteiger charge is 2.37. The van der Waals surface area contributed by atoms with E-state index in [0.717, 1.165) is 17.4 Å². The van der Waals surface area contributed by atoms with Gasteiger partial charge in [0.25, 0.3) is 0 Å². The first-order chi connectivity index (χ1) is 12.2. The molecular weight excluding hydrogens is 358 g/mol. The minimum Gasteiger partial charge on any atom is -0.460 e. The van der Waals surface area contributed by atoms with Gasteiger partial charge in [0.1, 0.15) is 18.2 Å². The molecule has 1 aliphatic heterocycles.